The Morgan fingerprint density at radius 2 is 1.95 bits per heavy atom. The summed E-state index contributed by atoms with van der Waals surface area (Å²) in [6.07, 6.45) is 3.03. The van der Waals surface area contributed by atoms with E-state index in [9.17, 15) is 4.79 Å². The molecule has 5 nitrogen and oxygen atoms in total. The average molecular weight is 285 g/mol. The molecule has 0 saturated carbocycles. The highest BCUT2D eigenvalue weighted by Crippen LogP contribution is 2.27. The zero-order chi connectivity index (χ0) is 15.3. The molecule has 1 aliphatic heterocycles. The summed E-state index contributed by atoms with van der Waals surface area (Å²) in [5.74, 6) is 0.268. The zero-order valence-corrected chi connectivity index (χ0v) is 13.6. The number of ether oxygens (including phenoxy) is 1. The highest BCUT2D eigenvalue weighted by molar-refractivity contribution is 5.82. The molecule has 20 heavy (non-hydrogen) atoms. The lowest BCUT2D eigenvalue weighted by Gasteiger charge is -2.38. The van der Waals surface area contributed by atoms with Crippen LogP contribution in [0.1, 0.15) is 47.0 Å². The minimum Gasteiger partial charge on any atom is -0.376 e. The van der Waals surface area contributed by atoms with E-state index in [1.54, 1.807) is 0 Å². The quantitative estimate of drug-likeness (QED) is 0.722. The molecule has 1 heterocycles. The Hall–Kier alpha value is -0.650. The number of nitrogens with two attached hydrogens (primary N) is 1. The summed E-state index contributed by atoms with van der Waals surface area (Å²) in [6, 6.07) is -0.221. The first-order valence-electron chi connectivity index (χ1n) is 7.76. The second-order valence-electron chi connectivity index (χ2n) is 6.09. The Morgan fingerprint density at radius 1 is 1.40 bits per heavy atom. The van der Waals surface area contributed by atoms with Crippen LogP contribution in [0.2, 0.25) is 0 Å². The first-order chi connectivity index (χ1) is 9.40. The molecule has 5 heteroatoms. The van der Waals surface area contributed by atoms with Crippen molar-refractivity contribution < 1.29 is 9.53 Å². The lowest BCUT2D eigenvalue weighted by atomic mass is 9.86. The summed E-state index contributed by atoms with van der Waals surface area (Å²) < 4.78 is 5.73. The maximum Gasteiger partial charge on any atom is 0.241 e. The largest absolute Gasteiger partial charge is 0.376 e. The van der Waals surface area contributed by atoms with Crippen molar-refractivity contribution in [3.8, 4) is 0 Å². The molecule has 1 fully saturated rings. The smallest absolute Gasteiger partial charge is 0.241 e. The Bertz CT molecular complexity index is 301. The van der Waals surface area contributed by atoms with Crippen LogP contribution in [0.25, 0.3) is 0 Å². The molecule has 118 valence electrons. The third-order valence-electron chi connectivity index (χ3n) is 4.26. The fourth-order valence-corrected chi connectivity index (χ4v) is 2.98. The lowest BCUT2D eigenvalue weighted by Crippen LogP contribution is -2.54. The van der Waals surface area contributed by atoms with Gasteiger partial charge in [0.05, 0.1) is 24.9 Å². The van der Waals surface area contributed by atoms with Gasteiger partial charge in [-0.15, -0.1) is 0 Å². The Balaban J connectivity index is 2.72. The standard InChI is InChI=1S/C15H31N3O2/c1-6-10(2)18(9-17-5)15(19)14(16)13-7-11(3)20-12(4)8-13/h10-14,17H,6-9,16H2,1-5H3. The van der Waals surface area contributed by atoms with Crippen LogP contribution in [0.3, 0.4) is 0 Å². The highest BCUT2D eigenvalue weighted by atomic mass is 16.5. The lowest BCUT2D eigenvalue weighted by molar-refractivity contribution is -0.138. The van der Waals surface area contributed by atoms with E-state index in [-0.39, 0.29) is 30.1 Å². The highest BCUT2D eigenvalue weighted by Gasteiger charge is 2.35. The zero-order valence-electron chi connectivity index (χ0n) is 13.6. The summed E-state index contributed by atoms with van der Waals surface area (Å²) in [6.45, 7) is 8.82. The third-order valence-corrected chi connectivity index (χ3v) is 4.26. The van der Waals surface area contributed by atoms with Crippen LogP contribution in [0.5, 0.6) is 0 Å². The van der Waals surface area contributed by atoms with E-state index >= 15 is 0 Å². The molecule has 0 aromatic rings. The van der Waals surface area contributed by atoms with Crippen molar-refractivity contribution in [3.63, 3.8) is 0 Å². The number of hydrogen-bond acceptors (Lipinski definition) is 4. The average Bonchev–Trinajstić information content (AvgIpc) is 2.41. The predicted octanol–water partition coefficient (Wildman–Crippen LogP) is 1.32. The van der Waals surface area contributed by atoms with Gasteiger partial charge < -0.3 is 20.7 Å². The fourth-order valence-electron chi connectivity index (χ4n) is 2.98. The van der Waals surface area contributed by atoms with Crippen molar-refractivity contribution in [2.24, 2.45) is 11.7 Å². The van der Waals surface area contributed by atoms with Gasteiger partial charge in [-0.05, 0) is 53.0 Å². The molecule has 0 radical (unpaired) electrons. The summed E-state index contributed by atoms with van der Waals surface area (Å²) in [5.41, 5.74) is 6.27. The van der Waals surface area contributed by atoms with E-state index in [1.807, 2.05) is 11.9 Å². The van der Waals surface area contributed by atoms with Crippen molar-refractivity contribution in [2.75, 3.05) is 13.7 Å². The van der Waals surface area contributed by atoms with Gasteiger partial charge in [0.2, 0.25) is 5.91 Å². The van der Waals surface area contributed by atoms with E-state index in [0.717, 1.165) is 19.3 Å². The van der Waals surface area contributed by atoms with Crippen LogP contribution in [0.15, 0.2) is 0 Å². The van der Waals surface area contributed by atoms with Crippen molar-refractivity contribution in [1.82, 2.24) is 10.2 Å². The van der Waals surface area contributed by atoms with Crippen LogP contribution in [0, 0.1) is 5.92 Å². The minimum absolute atomic E-state index is 0.0556. The second kappa shape index (κ2) is 7.96. The summed E-state index contributed by atoms with van der Waals surface area (Å²) in [4.78, 5) is 14.5. The van der Waals surface area contributed by atoms with E-state index in [4.69, 9.17) is 10.5 Å². The molecule has 1 saturated heterocycles. The predicted molar refractivity (Wildman–Crippen MR) is 81.2 cm³/mol. The first kappa shape index (κ1) is 17.4. The topological polar surface area (TPSA) is 67.6 Å². The van der Waals surface area contributed by atoms with Crippen LogP contribution in [0.4, 0.5) is 0 Å². The van der Waals surface area contributed by atoms with Gasteiger partial charge in [-0.1, -0.05) is 6.92 Å². The van der Waals surface area contributed by atoms with Crippen LogP contribution in [-0.2, 0) is 9.53 Å². The molecule has 0 aliphatic carbocycles. The van der Waals surface area contributed by atoms with E-state index in [2.05, 4.69) is 33.0 Å². The molecular formula is C15H31N3O2. The van der Waals surface area contributed by atoms with Gasteiger partial charge >= 0.3 is 0 Å². The first-order valence-corrected chi connectivity index (χ1v) is 7.76. The molecule has 1 rings (SSSR count). The molecule has 0 aromatic heterocycles. The van der Waals surface area contributed by atoms with Crippen molar-refractivity contribution in [1.29, 1.82) is 0 Å². The number of rotatable bonds is 6. The molecule has 1 amide bonds. The van der Waals surface area contributed by atoms with Gasteiger partial charge in [-0.2, -0.15) is 0 Å². The Morgan fingerprint density at radius 3 is 2.40 bits per heavy atom. The van der Waals surface area contributed by atoms with Crippen LogP contribution < -0.4 is 11.1 Å². The van der Waals surface area contributed by atoms with Crippen molar-refractivity contribution >= 4 is 5.91 Å². The summed E-state index contributed by atoms with van der Waals surface area (Å²) in [5, 5.41) is 3.06. The van der Waals surface area contributed by atoms with Gasteiger partial charge in [0.15, 0.2) is 0 Å². The van der Waals surface area contributed by atoms with Gasteiger partial charge in [-0.3, -0.25) is 4.79 Å². The number of nitrogens with zero attached hydrogens (tertiary/aromatic N) is 1. The van der Waals surface area contributed by atoms with Crippen molar-refractivity contribution in [3.05, 3.63) is 0 Å². The Labute approximate surface area is 123 Å². The number of amides is 1. The van der Waals surface area contributed by atoms with E-state index < -0.39 is 6.04 Å². The Kier molecular flexibility index (Phi) is 6.92. The fraction of sp³-hybridized carbons (Fsp3) is 0.933. The minimum atomic E-state index is -0.425. The normalized spacial score (nSPS) is 29.8. The van der Waals surface area contributed by atoms with Gasteiger partial charge in [0, 0.05) is 6.04 Å². The molecule has 0 aromatic carbocycles. The molecule has 0 bridgehead atoms. The third kappa shape index (κ3) is 4.43. The number of hydrogen-bond donors (Lipinski definition) is 2. The maximum absolute atomic E-state index is 12.7. The summed E-state index contributed by atoms with van der Waals surface area (Å²) >= 11 is 0. The monoisotopic (exact) mass is 285 g/mol. The number of nitrogens with one attached hydrogen (secondary N) is 1. The summed E-state index contributed by atoms with van der Waals surface area (Å²) in [7, 11) is 1.85. The maximum atomic E-state index is 12.7. The van der Waals surface area contributed by atoms with Gasteiger partial charge in [0.1, 0.15) is 0 Å². The number of carbonyl (C=O) groups excluding carboxylic acids is 1. The molecule has 1 aliphatic rings. The SMILES string of the molecule is CCC(C)N(CNC)C(=O)C(N)C1CC(C)OC(C)C1. The van der Waals surface area contributed by atoms with Gasteiger partial charge in [-0.25, -0.2) is 0 Å². The molecule has 3 N–H and O–H groups in total. The second-order valence-corrected chi connectivity index (χ2v) is 6.09. The van der Waals surface area contributed by atoms with Crippen LogP contribution in [-0.4, -0.2) is 48.8 Å². The van der Waals surface area contributed by atoms with Gasteiger partial charge in [0.25, 0.3) is 0 Å². The molecular weight excluding hydrogens is 254 g/mol. The molecule has 0 spiro atoms. The van der Waals surface area contributed by atoms with E-state index in [1.165, 1.54) is 0 Å². The van der Waals surface area contributed by atoms with Crippen molar-refractivity contribution in [2.45, 2.75) is 71.2 Å². The van der Waals surface area contributed by atoms with E-state index in [0.29, 0.717) is 6.67 Å². The number of carbonyl (C=O) groups is 1. The molecule has 4 unspecified atom stereocenters. The molecule has 4 atom stereocenters. The van der Waals surface area contributed by atoms with Crippen LogP contribution >= 0.6 is 0 Å².